The molecule has 5 heteroatoms. The molecule has 0 fully saturated rings. The van der Waals surface area contributed by atoms with Crippen LogP contribution in [0.25, 0.3) is 6.08 Å². The molecule has 0 aliphatic heterocycles. The molecule has 0 radical (unpaired) electrons. The third-order valence-electron chi connectivity index (χ3n) is 4.75. The first-order valence-electron chi connectivity index (χ1n) is 9.64. The number of hydrogen-bond donors (Lipinski definition) is 1. The molecule has 3 aromatic carbocycles. The van der Waals surface area contributed by atoms with Gasteiger partial charge in [-0.3, -0.25) is 4.79 Å². The fourth-order valence-corrected chi connectivity index (χ4v) is 3.49. The second-order valence-corrected chi connectivity index (χ2v) is 7.62. The zero-order valence-corrected chi connectivity index (χ0v) is 18.2. The Morgan fingerprint density at radius 1 is 0.933 bits per heavy atom. The van der Waals surface area contributed by atoms with Gasteiger partial charge in [0, 0.05) is 21.3 Å². The van der Waals surface area contributed by atoms with Crippen molar-refractivity contribution < 1.29 is 14.7 Å². The van der Waals surface area contributed by atoms with Crippen molar-refractivity contribution >= 4 is 39.6 Å². The number of anilines is 1. The number of halogens is 1. The maximum atomic E-state index is 13.3. The number of carboxylic acid groups (broad SMARTS) is 1. The first kappa shape index (κ1) is 21.5. The number of hydrogen-bond acceptors (Lipinski definition) is 2. The second-order valence-electron chi connectivity index (χ2n) is 6.77. The summed E-state index contributed by atoms with van der Waals surface area (Å²) in [6.45, 7) is 2.21. The Morgan fingerprint density at radius 3 is 2.17 bits per heavy atom. The predicted octanol–water partition coefficient (Wildman–Crippen LogP) is 6.17. The highest BCUT2D eigenvalue weighted by molar-refractivity contribution is 9.10. The van der Waals surface area contributed by atoms with Crippen molar-refractivity contribution in [3.8, 4) is 0 Å². The van der Waals surface area contributed by atoms with E-state index in [1.165, 1.54) is 0 Å². The Morgan fingerprint density at radius 2 is 1.57 bits per heavy atom. The molecule has 152 valence electrons. The van der Waals surface area contributed by atoms with Crippen LogP contribution in [0, 0.1) is 0 Å². The Balaban J connectivity index is 1.96. The van der Waals surface area contributed by atoms with E-state index < -0.39 is 5.97 Å². The van der Waals surface area contributed by atoms with Crippen molar-refractivity contribution in [1.29, 1.82) is 0 Å². The number of aliphatic carboxylic acids is 1. The zero-order chi connectivity index (χ0) is 21.5. The number of carboxylic acids is 1. The van der Waals surface area contributed by atoms with Crippen LogP contribution in [0.1, 0.15) is 34.8 Å². The van der Waals surface area contributed by atoms with Crippen LogP contribution < -0.4 is 4.90 Å². The first-order valence-corrected chi connectivity index (χ1v) is 10.4. The monoisotopic (exact) mass is 463 g/mol. The van der Waals surface area contributed by atoms with Crippen LogP contribution in [0.15, 0.2) is 88.9 Å². The van der Waals surface area contributed by atoms with Gasteiger partial charge in [0.2, 0.25) is 0 Å². The Hall–Kier alpha value is -3.18. The average molecular weight is 464 g/mol. The lowest BCUT2D eigenvalue weighted by Gasteiger charge is -2.24. The lowest BCUT2D eigenvalue weighted by atomic mass is 10.1. The first-order chi connectivity index (χ1) is 14.5. The molecule has 30 heavy (non-hydrogen) atoms. The molecular formula is C25H22BrNO3. The maximum absolute atomic E-state index is 13.3. The van der Waals surface area contributed by atoms with E-state index in [-0.39, 0.29) is 5.91 Å². The molecule has 1 amide bonds. The largest absolute Gasteiger partial charge is 0.478 e. The maximum Gasteiger partial charge on any atom is 0.331 e. The zero-order valence-electron chi connectivity index (χ0n) is 16.6. The van der Waals surface area contributed by atoms with Gasteiger partial charge in [-0.2, -0.15) is 0 Å². The number of carbonyl (C=O) groups excluding carboxylic acids is 1. The summed E-state index contributed by atoms with van der Waals surface area (Å²) in [5, 5.41) is 9.24. The molecule has 4 nitrogen and oxygen atoms in total. The lowest BCUT2D eigenvalue weighted by Crippen LogP contribution is -2.30. The van der Waals surface area contributed by atoms with Gasteiger partial charge in [0.25, 0.3) is 5.91 Å². The highest BCUT2D eigenvalue weighted by atomic mass is 79.9. The summed E-state index contributed by atoms with van der Waals surface area (Å²) in [6.07, 6.45) is 2.10. The number of rotatable bonds is 7. The van der Waals surface area contributed by atoms with Gasteiger partial charge in [0.15, 0.2) is 0 Å². The van der Waals surface area contributed by atoms with Crippen molar-refractivity contribution in [1.82, 2.24) is 0 Å². The fraction of sp³-hybridized carbons (Fsp3) is 0.120. The number of carbonyl (C=O) groups is 2. The van der Waals surface area contributed by atoms with Gasteiger partial charge >= 0.3 is 5.97 Å². The Bertz CT molecular complexity index is 1060. The number of benzene rings is 3. The van der Waals surface area contributed by atoms with E-state index in [4.69, 9.17) is 0 Å². The average Bonchev–Trinajstić information content (AvgIpc) is 2.77. The second kappa shape index (κ2) is 10.0. The van der Waals surface area contributed by atoms with Crippen LogP contribution >= 0.6 is 15.9 Å². The third-order valence-corrected chi connectivity index (χ3v) is 5.53. The highest BCUT2D eigenvalue weighted by Gasteiger charge is 2.19. The van der Waals surface area contributed by atoms with E-state index in [9.17, 15) is 14.7 Å². The van der Waals surface area contributed by atoms with E-state index in [2.05, 4.69) is 15.9 Å². The summed E-state index contributed by atoms with van der Waals surface area (Å²) >= 11 is 3.56. The van der Waals surface area contributed by atoms with Crippen molar-refractivity contribution in [2.45, 2.75) is 19.9 Å². The molecule has 0 spiro atoms. The molecule has 0 heterocycles. The van der Waals surface area contributed by atoms with Crippen LogP contribution in [0.3, 0.4) is 0 Å². The number of nitrogens with zero attached hydrogens (tertiary/aromatic N) is 1. The molecular weight excluding hydrogens is 442 g/mol. The highest BCUT2D eigenvalue weighted by Crippen LogP contribution is 2.25. The molecule has 1 N–H and O–H groups in total. The fourth-order valence-electron chi connectivity index (χ4n) is 3.08. The summed E-state index contributed by atoms with van der Waals surface area (Å²) in [4.78, 5) is 26.3. The SMILES string of the molecule is CC/C(=C\c1ccc(N(Cc2ccccc2Br)C(=O)c2ccccc2)cc1)C(=O)O. The van der Waals surface area contributed by atoms with Gasteiger partial charge in [-0.1, -0.05) is 71.4 Å². The predicted molar refractivity (Wildman–Crippen MR) is 123 cm³/mol. The summed E-state index contributed by atoms with van der Waals surface area (Å²) in [6, 6.07) is 24.3. The molecule has 0 unspecified atom stereocenters. The van der Waals surface area contributed by atoms with E-state index in [0.29, 0.717) is 24.1 Å². The molecule has 0 aromatic heterocycles. The van der Waals surface area contributed by atoms with E-state index in [0.717, 1.165) is 21.3 Å². The topological polar surface area (TPSA) is 57.6 Å². The van der Waals surface area contributed by atoms with Gasteiger partial charge in [-0.15, -0.1) is 0 Å². The van der Waals surface area contributed by atoms with Gasteiger partial charge in [0.1, 0.15) is 0 Å². The normalized spacial score (nSPS) is 11.2. The van der Waals surface area contributed by atoms with Crippen LogP contribution in [0.5, 0.6) is 0 Å². The minimum atomic E-state index is -0.920. The molecule has 0 aliphatic carbocycles. The van der Waals surface area contributed by atoms with Crippen molar-refractivity contribution in [3.05, 3.63) is 106 Å². The van der Waals surface area contributed by atoms with Gasteiger partial charge in [0.05, 0.1) is 6.54 Å². The molecule has 0 bridgehead atoms. The lowest BCUT2D eigenvalue weighted by molar-refractivity contribution is -0.132. The third kappa shape index (κ3) is 5.24. The summed E-state index contributed by atoms with van der Waals surface area (Å²) < 4.78 is 0.935. The standard InChI is InChI=1S/C25H22BrNO3/c1-2-19(25(29)30)16-18-12-14-22(15-13-18)27(17-21-10-6-7-11-23(21)26)24(28)20-8-4-3-5-9-20/h3-16H,2,17H2,1H3,(H,29,30)/b19-16+. The van der Waals surface area contributed by atoms with E-state index in [1.54, 1.807) is 23.1 Å². The smallest absolute Gasteiger partial charge is 0.331 e. The molecule has 0 aliphatic rings. The van der Waals surface area contributed by atoms with Crippen molar-refractivity contribution in [2.75, 3.05) is 4.90 Å². The van der Waals surface area contributed by atoms with Crippen LogP contribution in [-0.4, -0.2) is 17.0 Å². The molecule has 0 saturated heterocycles. The van der Waals surface area contributed by atoms with Gasteiger partial charge < -0.3 is 10.0 Å². The summed E-state index contributed by atoms with van der Waals surface area (Å²) in [5.74, 6) is -1.02. The summed E-state index contributed by atoms with van der Waals surface area (Å²) in [5.41, 5.74) is 3.46. The molecule has 0 saturated carbocycles. The summed E-state index contributed by atoms with van der Waals surface area (Å²) in [7, 11) is 0. The van der Waals surface area contributed by atoms with E-state index in [1.807, 2.05) is 73.7 Å². The van der Waals surface area contributed by atoms with Crippen LogP contribution in [-0.2, 0) is 11.3 Å². The molecule has 3 rings (SSSR count). The van der Waals surface area contributed by atoms with Crippen LogP contribution in [0.4, 0.5) is 5.69 Å². The minimum absolute atomic E-state index is 0.102. The minimum Gasteiger partial charge on any atom is -0.478 e. The number of amides is 1. The quantitative estimate of drug-likeness (QED) is 0.425. The van der Waals surface area contributed by atoms with E-state index >= 15 is 0 Å². The van der Waals surface area contributed by atoms with Gasteiger partial charge in [-0.25, -0.2) is 4.79 Å². The molecule has 0 atom stereocenters. The molecule has 3 aromatic rings. The van der Waals surface area contributed by atoms with Crippen molar-refractivity contribution in [3.63, 3.8) is 0 Å². The van der Waals surface area contributed by atoms with Crippen molar-refractivity contribution in [2.24, 2.45) is 0 Å². The van der Waals surface area contributed by atoms with Crippen LogP contribution in [0.2, 0.25) is 0 Å². The van der Waals surface area contributed by atoms with Gasteiger partial charge in [-0.05, 0) is 54.0 Å². The Kier molecular flexibility index (Phi) is 7.20. The Labute approximate surface area is 184 Å².